The highest BCUT2D eigenvalue weighted by molar-refractivity contribution is 9.10. The monoisotopic (exact) mass is 334 g/mol. The minimum absolute atomic E-state index is 0.488. The van der Waals surface area contributed by atoms with Gasteiger partial charge in [0.25, 0.3) is 0 Å². The van der Waals surface area contributed by atoms with Crippen LogP contribution in [0, 0.1) is 11.3 Å². The van der Waals surface area contributed by atoms with Gasteiger partial charge in [0.15, 0.2) is 0 Å². The van der Waals surface area contributed by atoms with Gasteiger partial charge in [-0.2, -0.15) is 5.26 Å². The smallest absolute Gasteiger partial charge is 0.0991 e. The summed E-state index contributed by atoms with van der Waals surface area (Å²) < 4.78 is 1.00. The van der Waals surface area contributed by atoms with Gasteiger partial charge in [-0.15, -0.1) is 11.6 Å². The number of alkyl halides is 1. The Morgan fingerprint density at radius 2 is 1.79 bits per heavy atom. The van der Waals surface area contributed by atoms with Crippen molar-refractivity contribution in [1.82, 2.24) is 0 Å². The lowest BCUT2D eigenvalue weighted by Gasteiger charge is -2.20. The van der Waals surface area contributed by atoms with Crippen LogP contribution in [0.2, 0.25) is 0 Å². The molecule has 0 unspecified atom stereocenters. The van der Waals surface area contributed by atoms with Crippen LogP contribution in [-0.2, 0) is 5.88 Å². The van der Waals surface area contributed by atoms with E-state index in [1.807, 2.05) is 49.5 Å². The SMILES string of the molecule is CN(c1ccc(C#N)cc1)c1ccc(CCl)c(Br)c1. The van der Waals surface area contributed by atoms with Crippen molar-refractivity contribution < 1.29 is 0 Å². The fourth-order valence-corrected chi connectivity index (χ4v) is 2.66. The second-order valence-corrected chi connectivity index (χ2v) is 5.25. The quantitative estimate of drug-likeness (QED) is 0.751. The van der Waals surface area contributed by atoms with Crippen molar-refractivity contribution in [1.29, 1.82) is 5.26 Å². The maximum Gasteiger partial charge on any atom is 0.0991 e. The molecule has 0 bridgehead atoms. The van der Waals surface area contributed by atoms with E-state index in [0.29, 0.717) is 11.4 Å². The van der Waals surface area contributed by atoms with Crippen LogP contribution >= 0.6 is 27.5 Å². The lowest BCUT2D eigenvalue weighted by atomic mass is 10.2. The Labute approximate surface area is 126 Å². The van der Waals surface area contributed by atoms with Crippen molar-refractivity contribution in [2.75, 3.05) is 11.9 Å². The first kappa shape index (κ1) is 13.9. The lowest BCUT2D eigenvalue weighted by Crippen LogP contribution is -2.09. The number of nitriles is 1. The highest BCUT2D eigenvalue weighted by Gasteiger charge is 2.06. The fourth-order valence-electron chi connectivity index (χ4n) is 1.76. The van der Waals surface area contributed by atoms with Crippen LogP contribution < -0.4 is 4.90 Å². The molecule has 2 aromatic carbocycles. The largest absolute Gasteiger partial charge is 0.345 e. The summed E-state index contributed by atoms with van der Waals surface area (Å²) in [5.74, 6) is 0.488. The molecule has 0 heterocycles. The predicted octanol–water partition coefficient (Wildman–Crippen LogP) is 4.83. The summed E-state index contributed by atoms with van der Waals surface area (Å²) in [7, 11) is 1.99. The summed E-state index contributed by atoms with van der Waals surface area (Å²) in [4.78, 5) is 2.06. The van der Waals surface area contributed by atoms with E-state index in [0.717, 1.165) is 21.4 Å². The second kappa shape index (κ2) is 6.10. The summed E-state index contributed by atoms with van der Waals surface area (Å²) in [6, 6.07) is 15.7. The summed E-state index contributed by atoms with van der Waals surface area (Å²) in [6.45, 7) is 0. The Morgan fingerprint density at radius 1 is 1.16 bits per heavy atom. The molecule has 2 aromatic rings. The highest BCUT2D eigenvalue weighted by Crippen LogP contribution is 2.29. The van der Waals surface area contributed by atoms with Crippen LogP contribution in [0.3, 0.4) is 0 Å². The number of hydrogen-bond acceptors (Lipinski definition) is 2. The minimum atomic E-state index is 0.488. The van der Waals surface area contributed by atoms with Gasteiger partial charge in [-0.3, -0.25) is 0 Å². The molecule has 0 saturated carbocycles. The summed E-state index contributed by atoms with van der Waals surface area (Å²) >= 11 is 9.36. The molecule has 0 saturated heterocycles. The molecule has 0 N–H and O–H groups in total. The van der Waals surface area contributed by atoms with Crippen LogP contribution in [0.15, 0.2) is 46.9 Å². The van der Waals surface area contributed by atoms with Crippen LogP contribution in [0.1, 0.15) is 11.1 Å². The van der Waals surface area contributed by atoms with Gasteiger partial charge in [0.2, 0.25) is 0 Å². The Bertz CT molecular complexity index is 617. The van der Waals surface area contributed by atoms with E-state index in [-0.39, 0.29) is 0 Å². The van der Waals surface area contributed by atoms with Gasteiger partial charge in [-0.25, -0.2) is 0 Å². The van der Waals surface area contributed by atoms with Crippen molar-refractivity contribution in [2.24, 2.45) is 0 Å². The van der Waals surface area contributed by atoms with E-state index in [1.165, 1.54) is 0 Å². The molecular weight excluding hydrogens is 324 g/mol. The molecule has 2 nitrogen and oxygen atoms in total. The van der Waals surface area contributed by atoms with Gasteiger partial charge in [-0.05, 0) is 42.0 Å². The second-order valence-electron chi connectivity index (χ2n) is 4.13. The van der Waals surface area contributed by atoms with Crippen LogP contribution in [0.25, 0.3) is 0 Å². The average molecular weight is 336 g/mol. The van der Waals surface area contributed by atoms with Gasteiger partial charge < -0.3 is 4.90 Å². The average Bonchev–Trinajstić information content (AvgIpc) is 2.46. The molecule has 0 aromatic heterocycles. The molecular formula is C15H12BrClN2. The third kappa shape index (κ3) is 3.09. The molecule has 4 heteroatoms. The summed E-state index contributed by atoms with van der Waals surface area (Å²) in [5, 5.41) is 8.80. The zero-order chi connectivity index (χ0) is 13.8. The Kier molecular flexibility index (Phi) is 4.47. The van der Waals surface area contributed by atoms with E-state index in [2.05, 4.69) is 26.9 Å². The number of rotatable bonds is 3. The van der Waals surface area contributed by atoms with Crippen LogP contribution in [-0.4, -0.2) is 7.05 Å². The van der Waals surface area contributed by atoms with Gasteiger partial charge in [0.1, 0.15) is 0 Å². The number of hydrogen-bond donors (Lipinski definition) is 0. The normalized spacial score (nSPS) is 10.0. The molecule has 0 radical (unpaired) electrons. The predicted molar refractivity (Wildman–Crippen MR) is 82.9 cm³/mol. The standard InChI is InChI=1S/C15H12BrClN2/c1-19(13-5-2-11(10-18)3-6-13)14-7-4-12(9-17)15(16)8-14/h2-8H,9H2,1H3. The molecule has 0 atom stereocenters. The van der Waals surface area contributed by atoms with Gasteiger partial charge in [-0.1, -0.05) is 22.0 Å². The van der Waals surface area contributed by atoms with Gasteiger partial charge >= 0.3 is 0 Å². The maximum atomic E-state index is 8.80. The molecule has 0 aliphatic heterocycles. The highest BCUT2D eigenvalue weighted by atomic mass is 79.9. The molecule has 2 rings (SSSR count). The topological polar surface area (TPSA) is 27.0 Å². The molecule has 0 aliphatic rings. The van der Waals surface area contributed by atoms with Gasteiger partial charge in [0, 0.05) is 28.8 Å². The first-order chi connectivity index (χ1) is 9.15. The minimum Gasteiger partial charge on any atom is -0.345 e. The first-order valence-corrected chi connectivity index (χ1v) is 7.06. The zero-order valence-corrected chi connectivity index (χ0v) is 12.7. The molecule has 0 aliphatic carbocycles. The van der Waals surface area contributed by atoms with Crippen molar-refractivity contribution in [3.05, 3.63) is 58.1 Å². The van der Waals surface area contributed by atoms with Crippen molar-refractivity contribution >= 4 is 38.9 Å². The number of benzene rings is 2. The van der Waals surface area contributed by atoms with E-state index >= 15 is 0 Å². The van der Waals surface area contributed by atoms with Crippen LogP contribution in [0.4, 0.5) is 11.4 Å². The van der Waals surface area contributed by atoms with E-state index < -0.39 is 0 Å². The Morgan fingerprint density at radius 3 is 2.32 bits per heavy atom. The number of nitrogens with zero attached hydrogens (tertiary/aromatic N) is 2. The number of halogens is 2. The van der Waals surface area contributed by atoms with Crippen molar-refractivity contribution in [3.8, 4) is 6.07 Å². The first-order valence-electron chi connectivity index (χ1n) is 5.74. The molecule has 0 fully saturated rings. The van der Waals surface area contributed by atoms with E-state index in [4.69, 9.17) is 16.9 Å². The lowest BCUT2D eigenvalue weighted by molar-refractivity contribution is 1.20. The molecule has 0 spiro atoms. The molecule has 0 amide bonds. The molecule has 96 valence electrons. The Balaban J connectivity index is 2.30. The third-order valence-corrected chi connectivity index (χ3v) is 3.98. The number of anilines is 2. The fraction of sp³-hybridized carbons (Fsp3) is 0.133. The van der Waals surface area contributed by atoms with Crippen molar-refractivity contribution in [2.45, 2.75) is 5.88 Å². The van der Waals surface area contributed by atoms with Crippen molar-refractivity contribution in [3.63, 3.8) is 0 Å². The third-order valence-electron chi connectivity index (χ3n) is 2.95. The summed E-state index contributed by atoms with van der Waals surface area (Å²) in [5.41, 5.74) is 3.82. The van der Waals surface area contributed by atoms with Crippen LogP contribution in [0.5, 0.6) is 0 Å². The zero-order valence-electron chi connectivity index (χ0n) is 10.4. The maximum absolute atomic E-state index is 8.80. The molecule has 19 heavy (non-hydrogen) atoms. The van der Waals surface area contributed by atoms with Gasteiger partial charge in [0.05, 0.1) is 11.6 Å². The van der Waals surface area contributed by atoms with E-state index in [1.54, 1.807) is 0 Å². The Hall–Kier alpha value is -1.50. The van der Waals surface area contributed by atoms with E-state index in [9.17, 15) is 0 Å². The summed E-state index contributed by atoms with van der Waals surface area (Å²) in [6.07, 6.45) is 0.